The van der Waals surface area contributed by atoms with E-state index in [4.69, 9.17) is 21.1 Å². The highest BCUT2D eigenvalue weighted by Gasteiger charge is 2.23. The number of carbonyl (C=O) groups excluding carboxylic acids is 1. The average Bonchev–Trinajstić information content (AvgIpc) is 2.70. The molecule has 2 aromatic carbocycles. The first-order chi connectivity index (χ1) is 13.1. The van der Waals surface area contributed by atoms with Gasteiger partial charge in [-0.05, 0) is 24.6 Å². The Labute approximate surface area is 165 Å². The van der Waals surface area contributed by atoms with Gasteiger partial charge in [-0.25, -0.2) is 0 Å². The van der Waals surface area contributed by atoms with Crippen molar-refractivity contribution in [3.8, 4) is 5.75 Å². The molecular formula is C21H25ClN2O3. The van der Waals surface area contributed by atoms with E-state index in [1.165, 1.54) is 0 Å². The molecule has 1 heterocycles. The summed E-state index contributed by atoms with van der Waals surface area (Å²) in [5, 5.41) is 3.62. The Bertz CT molecular complexity index is 735. The Kier molecular flexibility index (Phi) is 7.10. The molecule has 2 atom stereocenters. The van der Waals surface area contributed by atoms with E-state index in [9.17, 15) is 4.79 Å². The molecule has 6 heteroatoms. The zero-order valence-electron chi connectivity index (χ0n) is 15.4. The van der Waals surface area contributed by atoms with Gasteiger partial charge in [0, 0.05) is 19.6 Å². The lowest BCUT2D eigenvalue weighted by molar-refractivity contribution is -0.128. The highest BCUT2D eigenvalue weighted by Crippen LogP contribution is 2.24. The minimum Gasteiger partial charge on any atom is -0.479 e. The number of amides is 1. The molecule has 144 valence electrons. The third-order valence-corrected chi connectivity index (χ3v) is 4.88. The molecule has 0 aromatic heterocycles. The van der Waals surface area contributed by atoms with Gasteiger partial charge in [0.25, 0.3) is 5.91 Å². The number of benzene rings is 2. The maximum atomic E-state index is 12.8. The molecule has 0 bridgehead atoms. The minimum absolute atomic E-state index is 0.117. The fourth-order valence-electron chi connectivity index (χ4n) is 3.04. The summed E-state index contributed by atoms with van der Waals surface area (Å²) in [4.78, 5) is 15.1. The van der Waals surface area contributed by atoms with Gasteiger partial charge in [-0.1, -0.05) is 54.1 Å². The number of hydrogen-bond acceptors (Lipinski definition) is 4. The Morgan fingerprint density at radius 2 is 1.81 bits per heavy atom. The zero-order valence-corrected chi connectivity index (χ0v) is 16.2. The number of ether oxygens (including phenoxy) is 2. The van der Waals surface area contributed by atoms with Gasteiger partial charge in [0.1, 0.15) is 5.75 Å². The summed E-state index contributed by atoms with van der Waals surface area (Å²) in [5.41, 5.74) is 1.07. The molecule has 0 aliphatic carbocycles. The smallest absolute Gasteiger partial charge is 0.261 e. The van der Waals surface area contributed by atoms with Crippen LogP contribution < -0.4 is 10.1 Å². The van der Waals surface area contributed by atoms with Crippen LogP contribution in [0.1, 0.15) is 18.5 Å². The van der Waals surface area contributed by atoms with E-state index >= 15 is 0 Å². The van der Waals surface area contributed by atoms with Crippen molar-refractivity contribution in [3.63, 3.8) is 0 Å². The summed E-state index contributed by atoms with van der Waals surface area (Å²) in [6, 6.07) is 17.0. The lowest BCUT2D eigenvalue weighted by Crippen LogP contribution is -2.45. The number of carbonyl (C=O) groups is 1. The number of nitrogens with zero attached hydrogens (tertiary/aromatic N) is 1. The highest BCUT2D eigenvalue weighted by atomic mass is 35.5. The van der Waals surface area contributed by atoms with Gasteiger partial charge in [0.05, 0.1) is 24.3 Å². The van der Waals surface area contributed by atoms with E-state index in [0.717, 1.165) is 38.4 Å². The van der Waals surface area contributed by atoms with Crippen LogP contribution >= 0.6 is 11.6 Å². The molecule has 3 rings (SSSR count). The normalized spacial score (nSPS) is 17.1. The Morgan fingerprint density at radius 3 is 2.52 bits per heavy atom. The van der Waals surface area contributed by atoms with Crippen molar-refractivity contribution in [1.29, 1.82) is 0 Å². The van der Waals surface area contributed by atoms with Gasteiger partial charge in [-0.15, -0.1) is 0 Å². The molecule has 1 amide bonds. The van der Waals surface area contributed by atoms with Crippen molar-refractivity contribution in [3.05, 3.63) is 65.2 Å². The molecule has 1 fully saturated rings. The fourth-order valence-corrected chi connectivity index (χ4v) is 3.22. The summed E-state index contributed by atoms with van der Waals surface area (Å²) in [5.74, 6) is 0.336. The molecule has 1 saturated heterocycles. The van der Waals surface area contributed by atoms with Crippen LogP contribution in [0.4, 0.5) is 0 Å². The Balaban J connectivity index is 1.66. The molecule has 0 spiro atoms. The summed E-state index contributed by atoms with van der Waals surface area (Å²) in [7, 11) is 0. The second-order valence-electron chi connectivity index (χ2n) is 6.58. The largest absolute Gasteiger partial charge is 0.479 e. The lowest BCUT2D eigenvalue weighted by Gasteiger charge is -2.31. The van der Waals surface area contributed by atoms with Crippen molar-refractivity contribution in [2.45, 2.75) is 19.1 Å². The fraction of sp³-hybridized carbons (Fsp3) is 0.381. The number of rotatable bonds is 7. The second-order valence-corrected chi connectivity index (χ2v) is 6.98. The third kappa shape index (κ3) is 5.70. The van der Waals surface area contributed by atoms with E-state index in [2.05, 4.69) is 10.2 Å². The molecular weight excluding hydrogens is 364 g/mol. The van der Waals surface area contributed by atoms with Gasteiger partial charge >= 0.3 is 0 Å². The molecule has 1 aliphatic rings. The summed E-state index contributed by atoms with van der Waals surface area (Å²) in [6.45, 7) is 5.64. The van der Waals surface area contributed by atoms with Gasteiger partial charge in [-0.2, -0.15) is 0 Å². The molecule has 2 unspecified atom stereocenters. The predicted molar refractivity (Wildman–Crippen MR) is 106 cm³/mol. The standard InChI is InChI=1S/C21H25ClN2O3/c1-16(27-20-10-6-5-9-18(20)22)21(25)23-19(17-7-3-2-4-8-17)15-24-11-13-26-14-12-24/h2-10,16,19H,11-15H2,1H3,(H,23,25). The minimum atomic E-state index is -0.652. The SMILES string of the molecule is CC(Oc1ccccc1Cl)C(=O)NC(CN1CCOCC1)c1ccccc1. The predicted octanol–water partition coefficient (Wildman–Crippen LogP) is 3.30. The number of hydrogen-bond donors (Lipinski definition) is 1. The van der Waals surface area contributed by atoms with Gasteiger partial charge < -0.3 is 14.8 Å². The lowest BCUT2D eigenvalue weighted by atomic mass is 10.1. The molecule has 27 heavy (non-hydrogen) atoms. The van der Waals surface area contributed by atoms with Crippen molar-refractivity contribution in [1.82, 2.24) is 10.2 Å². The van der Waals surface area contributed by atoms with E-state index in [-0.39, 0.29) is 11.9 Å². The summed E-state index contributed by atoms with van der Waals surface area (Å²) in [6.07, 6.45) is -0.652. The monoisotopic (exact) mass is 388 g/mol. The van der Waals surface area contributed by atoms with Crippen LogP contribution in [0.25, 0.3) is 0 Å². The number of halogens is 1. The summed E-state index contributed by atoms with van der Waals surface area (Å²) < 4.78 is 11.2. The van der Waals surface area contributed by atoms with Gasteiger partial charge in [0.2, 0.25) is 0 Å². The van der Waals surface area contributed by atoms with E-state index in [1.54, 1.807) is 19.1 Å². The first kappa shape index (κ1) is 19.7. The van der Waals surface area contributed by atoms with Crippen LogP contribution in [0, 0.1) is 0 Å². The van der Waals surface area contributed by atoms with Crippen molar-refractivity contribution < 1.29 is 14.3 Å². The van der Waals surface area contributed by atoms with Crippen molar-refractivity contribution in [2.75, 3.05) is 32.8 Å². The van der Waals surface area contributed by atoms with Crippen LogP contribution in [-0.4, -0.2) is 49.8 Å². The van der Waals surface area contributed by atoms with Gasteiger partial charge in [-0.3, -0.25) is 9.69 Å². The van der Waals surface area contributed by atoms with Crippen molar-refractivity contribution >= 4 is 17.5 Å². The van der Waals surface area contributed by atoms with Crippen LogP contribution in [0.3, 0.4) is 0 Å². The zero-order chi connectivity index (χ0) is 19.1. The first-order valence-electron chi connectivity index (χ1n) is 9.20. The van der Waals surface area contributed by atoms with Crippen LogP contribution in [0.5, 0.6) is 5.75 Å². The van der Waals surface area contributed by atoms with Crippen LogP contribution in [0.15, 0.2) is 54.6 Å². The van der Waals surface area contributed by atoms with Crippen molar-refractivity contribution in [2.24, 2.45) is 0 Å². The van der Waals surface area contributed by atoms with E-state index in [0.29, 0.717) is 10.8 Å². The molecule has 2 aromatic rings. The van der Waals surface area contributed by atoms with E-state index < -0.39 is 6.10 Å². The van der Waals surface area contributed by atoms with Gasteiger partial charge in [0.15, 0.2) is 6.10 Å². The molecule has 1 N–H and O–H groups in total. The van der Waals surface area contributed by atoms with Crippen LogP contribution in [0.2, 0.25) is 5.02 Å². The maximum absolute atomic E-state index is 12.8. The Hall–Kier alpha value is -2.08. The number of para-hydroxylation sites is 1. The maximum Gasteiger partial charge on any atom is 0.261 e. The molecule has 5 nitrogen and oxygen atoms in total. The quantitative estimate of drug-likeness (QED) is 0.790. The second kappa shape index (κ2) is 9.74. The Morgan fingerprint density at radius 1 is 1.15 bits per heavy atom. The molecule has 1 aliphatic heterocycles. The van der Waals surface area contributed by atoms with E-state index in [1.807, 2.05) is 42.5 Å². The van der Waals surface area contributed by atoms with Crippen LogP contribution in [-0.2, 0) is 9.53 Å². The number of nitrogens with one attached hydrogen (secondary N) is 1. The highest BCUT2D eigenvalue weighted by molar-refractivity contribution is 6.32. The average molecular weight is 389 g/mol. The first-order valence-corrected chi connectivity index (χ1v) is 9.58. The topological polar surface area (TPSA) is 50.8 Å². The molecule has 0 saturated carbocycles. The summed E-state index contributed by atoms with van der Waals surface area (Å²) >= 11 is 6.13. The molecule has 0 radical (unpaired) electrons. The third-order valence-electron chi connectivity index (χ3n) is 4.57. The number of morpholine rings is 1.